The van der Waals surface area contributed by atoms with Crippen LogP contribution in [0.5, 0.6) is 0 Å². The Morgan fingerprint density at radius 1 is 1.29 bits per heavy atom. The third-order valence-corrected chi connectivity index (χ3v) is 2.79. The number of amides is 2. The Balaban J connectivity index is 2.68. The molecule has 1 atom stereocenters. The van der Waals surface area contributed by atoms with Crippen molar-refractivity contribution in [3.63, 3.8) is 0 Å². The van der Waals surface area contributed by atoms with Crippen LogP contribution in [0.25, 0.3) is 0 Å². The minimum Gasteiger partial charge on any atom is -0.330 e. The fraction of sp³-hybridized carbons (Fsp3) is 0.462. The van der Waals surface area contributed by atoms with Crippen LogP contribution in [0.2, 0.25) is 0 Å². The normalized spacial score (nSPS) is 11.9. The average Bonchev–Trinajstić information content (AvgIpc) is 2.38. The van der Waals surface area contributed by atoms with Gasteiger partial charge in [-0.25, -0.2) is 4.79 Å². The van der Waals surface area contributed by atoms with Crippen LogP contribution in [-0.4, -0.2) is 30.6 Å². The van der Waals surface area contributed by atoms with Crippen molar-refractivity contribution in [2.24, 2.45) is 5.73 Å². The highest BCUT2D eigenvalue weighted by Gasteiger charge is 2.15. The quantitative estimate of drug-likeness (QED) is 0.816. The molecule has 1 unspecified atom stereocenters. The van der Waals surface area contributed by atoms with Gasteiger partial charge in [-0.3, -0.25) is 0 Å². The third-order valence-electron chi connectivity index (χ3n) is 2.79. The van der Waals surface area contributed by atoms with E-state index in [0.717, 1.165) is 5.56 Å². The Morgan fingerprint density at radius 2 is 1.88 bits per heavy atom. The van der Waals surface area contributed by atoms with E-state index in [4.69, 9.17) is 5.73 Å². The third kappa shape index (κ3) is 3.75. The highest BCUT2D eigenvalue weighted by atomic mass is 16.2. The minimum atomic E-state index is -0.121. The predicted octanol–water partition coefficient (Wildman–Crippen LogP) is 1.74. The molecule has 4 nitrogen and oxygen atoms in total. The summed E-state index contributed by atoms with van der Waals surface area (Å²) in [5, 5.41) is 2.95. The molecule has 0 bridgehead atoms. The van der Waals surface area contributed by atoms with Crippen LogP contribution in [0.15, 0.2) is 30.3 Å². The molecule has 0 spiro atoms. The van der Waals surface area contributed by atoms with Crippen molar-refractivity contribution in [3.05, 3.63) is 35.9 Å². The van der Waals surface area contributed by atoms with Crippen molar-refractivity contribution in [1.82, 2.24) is 10.2 Å². The fourth-order valence-corrected chi connectivity index (χ4v) is 1.71. The zero-order valence-electron chi connectivity index (χ0n) is 10.5. The van der Waals surface area contributed by atoms with Gasteiger partial charge in [0.1, 0.15) is 0 Å². The van der Waals surface area contributed by atoms with Gasteiger partial charge in [-0.15, -0.1) is 0 Å². The van der Waals surface area contributed by atoms with E-state index >= 15 is 0 Å². The molecule has 0 aliphatic carbocycles. The molecule has 1 rings (SSSR count). The van der Waals surface area contributed by atoms with Gasteiger partial charge < -0.3 is 16.0 Å². The van der Waals surface area contributed by atoms with Crippen LogP contribution in [-0.2, 0) is 0 Å². The molecule has 0 aliphatic heterocycles. The molecule has 0 saturated carbocycles. The second-order valence-corrected chi connectivity index (χ2v) is 3.82. The SMILES string of the molecule is CCN(CC)C(=O)NC(CN)c1ccccc1. The first-order valence-electron chi connectivity index (χ1n) is 6.03. The molecule has 17 heavy (non-hydrogen) atoms. The van der Waals surface area contributed by atoms with Crippen molar-refractivity contribution in [2.45, 2.75) is 19.9 Å². The molecule has 1 aromatic rings. The van der Waals surface area contributed by atoms with Crippen molar-refractivity contribution in [2.75, 3.05) is 19.6 Å². The van der Waals surface area contributed by atoms with E-state index in [2.05, 4.69) is 5.32 Å². The van der Waals surface area contributed by atoms with Gasteiger partial charge in [0, 0.05) is 19.6 Å². The van der Waals surface area contributed by atoms with Gasteiger partial charge in [-0.1, -0.05) is 30.3 Å². The molecule has 3 N–H and O–H groups in total. The van der Waals surface area contributed by atoms with Gasteiger partial charge >= 0.3 is 6.03 Å². The number of urea groups is 1. The molecular formula is C13H21N3O. The average molecular weight is 235 g/mol. The van der Waals surface area contributed by atoms with E-state index in [9.17, 15) is 4.79 Å². The Morgan fingerprint density at radius 3 is 2.35 bits per heavy atom. The van der Waals surface area contributed by atoms with Crippen LogP contribution in [0, 0.1) is 0 Å². The van der Waals surface area contributed by atoms with Crippen molar-refractivity contribution in [3.8, 4) is 0 Å². The monoisotopic (exact) mass is 235 g/mol. The summed E-state index contributed by atoms with van der Waals surface area (Å²) in [7, 11) is 0. The van der Waals surface area contributed by atoms with E-state index in [1.54, 1.807) is 4.90 Å². The van der Waals surface area contributed by atoms with Crippen LogP contribution >= 0.6 is 0 Å². The lowest BCUT2D eigenvalue weighted by atomic mass is 10.1. The number of hydrogen-bond donors (Lipinski definition) is 2. The standard InChI is InChI=1S/C13H21N3O/c1-3-16(4-2)13(17)15-12(10-14)11-8-6-5-7-9-11/h5-9,12H,3-4,10,14H2,1-2H3,(H,15,17). The summed E-state index contributed by atoms with van der Waals surface area (Å²) >= 11 is 0. The molecule has 4 heteroatoms. The summed E-state index contributed by atoms with van der Waals surface area (Å²) in [4.78, 5) is 13.6. The maximum Gasteiger partial charge on any atom is 0.317 e. The molecule has 0 aliphatic rings. The number of rotatable bonds is 5. The lowest BCUT2D eigenvalue weighted by Crippen LogP contribution is -2.43. The number of carbonyl (C=O) groups is 1. The highest BCUT2D eigenvalue weighted by Crippen LogP contribution is 2.11. The Labute approximate surface area is 103 Å². The van der Waals surface area contributed by atoms with Gasteiger partial charge in [0.15, 0.2) is 0 Å². The maximum absolute atomic E-state index is 11.9. The molecule has 1 aromatic carbocycles. The number of nitrogens with zero attached hydrogens (tertiary/aromatic N) is 1. The van der Waals surface area contributed by atoms with Crippen LogP contribution in [0.3, 0.4) is 0 Å². The van der Waals surface area contributed by atoms with E-state index in [1.165, 1.54) is 0 Å². The van der Waals surface area contributed by atoms with Crippen LogP contribution in [0.1, 0.15) is 25.5 Å². The highest BCUT2D eigenvalue weighted by molar-refractivity contribution is 5.74. The Hall–Kier alpha value is -1.55. The number of benzene rings is 1. The van der Waals surface area contributed by atoms with Gasteiger partial charge in [0.25, 0.3) is 0 Å². The van der Waals surface area contributed by atoms with Crippen molar-refractivity contribution in [1.29, 1.82) is 0 Å². The molecule has 0 fully saturated rings. The van der Waals surface area contributed by atoms with Gasteiger partial charge in [-0.05, 0) is 19.4 Å². The second kappa shape index (κ2) is 6.91. The Bertz CT molecular complexity index is 336. The summed E-state index contributed by atoms with van der Waals surface area (Å²) in [6.45, 7) is 5.73. The molecular weight excluding hydrogens is 214 g/mol. The topological polar surface area (TPSA) is 58.4 Å². The molecule has 0 saturated heterocycles. The lowest BCUT2D eigenvalue weighted by Gasteiger charge is -2.24. The molecule has 0 aromatic heterocycles. The molecule has 0 heterocycles. The summed E-state index contributed by atoms with van der Waals surface area (Å²) in [6.07, 6.45) is 0. The maximum atomic E-state index is 11.9. The zero-order valence-corrected chi connectivity index (χ0v) is 10.5. The minimum absolute atomic E-state index is 0.0608. The smallest absolute Gasteiger partial charge is 0.317 e. The number of hydrogen-bond acceptors (Lipinski definition) is 2. The van der Waals surface area contributed by atoms with Gasteiger partial charge in [0.2, 0.25) is 0 Å². The second-order valence-electron chi connectivity index (χ2n) is 3.82. The van der Waals surface area contributed by atoms with Crippen molar-refractivity contribution >= 4 is 6.03 Å². The van der Waals surface area contributed by atoms with E-state index < -0.39 is 0 Å². The largest absolute Gasteiger partial charge is 0.330 e. The van der Waals surface area contributed by atoms with Crippen molar-refractivity contribution < 1.29 is 4.79 Å². The zero-order chi connectivity index (χ0) is 12.7. The molecule has 2 amide bonds. The Kier molecular flexibility index (Phi) is 5.49. The van der Waals surface area contributed by atoms with E-state index in [-0.39, 0.29) is 12.1 Å². The molecule has 94 valence electrons. The number of carbonyl (C=O) groups excluding carboxylic acids is 1. The number of nitrogens with two attached hydrogens (primary N) is 1. The first-order valence-corrected chi connectivity index (χ1v) is 6.03. The summed E-state index contributed by atoms with van der Waals surface area (Å²) in [5.74, 6) is 0. The summed E-state index contributed by atoms with van der Waals surface area (Å²) < 4.78 is 0. The summed E-state index contributed by atoms with van der Waals surface area (Å²) in [6, 6.07) is 9.60. The number of nitrogens with one attached hydrogen (secondary N) is 1. The van der Waals surface area contributed by atoms with Gasteiger partial charge in [-0.2, -0.15) is 0 Å². The predicted molar refractivity (Wildman–Crippen MR) is 69.7 cm³/mol. The summed E-state index contributed by atoms with van der Waals surface area (Å²) in [5.41, 5.74) is 6.74. The van der Waals surface area contributed by atoms with Crippen LogP contribution < -0.4 is 11.1 Å². The first kappa shape index (κ1) is 13.5. The van der Waals surface area contributed by atoms with E-state index in [0.29, 0.717) is 19.6 Å². The van der Waals surface area contributed by atoms with Gasteiger partial charge in [0.05, 0.1) is 6.04 Å². The first-order chi connectivity index (χ1) is 8.22. The van der Waals surface area contributed by atoms with Crippen LogP contribution in [0.4, 0.5) is 4.79 Å². The lowest BCUT2D eigenvalue weighted by molar-refractivity contribution is 0.199. The van der Waals surface area contributed by atoms with E-state index in [1.807, 2.05) is 44.2 Å². The molecule has 0 radical (unpaired) electrons. The fourth-order valence-electron chi connectivity index (χ4n) is 1.71.